The Hall–Kier alpha value is -4.58. The predicted molar refractivity (Wildman–Crippen MR) is 150 cm³/mol. The van der Waals surface area contributed by atoms with Gasteiger partial charge in [0.05, 0.1) is 19.8 Å². The van der Waals surface area contributed by atoms with Crippen LogP contribution in [0.2, 0.25) is 0 Å². The second kappa shape index (κ2) is 10.8. The van der Waals surface area contributed by atoms with Gasteiger partial charge in [0.2, 0.25) is 5.54 Å². The minimum atomic E-state index is -1.34. The Morgan fingerprint density at radius 1 is 0.895 bits per heavy atom. The van der Waals surface area contributed by atoms with Crippen LogP contribution in [-0.2, 0) is 21.6 Å². The van der Waals surface area contributed by atoms with Gasteiger partial charge < -0.3 is 20.1 Å². The zero-order valence-electron chi connectivity index (χ0n) is 21.6. The van der Waals surface area contributed by atoms with Crippen molar-refractivity contribution in [3.63, 3.8) is 0 Å². The number of carbonyl (C=O) groups excluding carboxylic acids is 1. The number of anilines is 1. The van der Waals surface area contributed by atoms with Crippen LogP contribution in [0, 0.1) is 0 Å². The average Bonchev–Trinajstić information content (AvgIpc) is 3.30. The van der Waals surface area contributed by atoms with Crippen LogP contribution in [-0.4, -0.2) is 30.4 Å². The lowest BCUT2D eigenvalue weighted by Gasteiger charge is -2.37. The minimum Gasteiger partial charge on any atom is -0.497 e. The van der Waals surface area contributed by atoms with Gasteiger partial charge in [-0.25, -0.2) is 9.79 Å². The van der Waals surface area contributed by atoms with Crippen LogP contribution in [0.4, 0.5) is 5.69 Å². The third-order valence-electron chi connectivity index (χ3n) is 6.86. The number of hydrogen-bond donors (Lipinski definition) is 1. The molecule has 1 heterocycles. The third kappa shape index (κ3) is 4.61. The van der Waals surface area contributed by atoms with Crippen LogP contribution in [0.25, 0.3) is 0 Å². The van der Waals surface area contributed by atoms with E-state index >= 15 is 0 Å². The minimum absolute atomic E-state index is 0.244. The van der Waals surface area contributed by atoms with Gasteiger partial charge in [-0.15, -0.1) is 0 Å². The average molecular weight is 506 g/mol. The summed E-state index contributed by atoms with van der Waals surface area (Å²) >= 11 is 0. The van der Waals surface area contributed by atoms with Crippen molar-refractivity contribution in [3.8, 4) is 5.75 Å². The van der Waals surface area contributed by atoms with Gasteiger partial charge in [-0.2, -0.15) is 0 Å². The van der Waals surface area contributed by atoms with E-state index in [1.54, 1.807) is 7.11 Å². The van der Waals surface area contributed by atoms with Crippen molar-refractivity contribution in [2.75, 3.05) is 19.5 Å². The highest BCUT2D eigenvalue weighted by Gasteiger charge is 2.57. The van der Waals surface area contributed by atoms with Crippen molar-refractivity contribution in [2.45, 2.75) is 25.0 Å². The molecule has 2 atom stereocenters. The highest BCUT2D eigenvalue weighted by atomic mass is 16.5. The molecule has 0 bridgehead atoms. The van der Waals surface area contributed by atoms with Crippen molar-refractivity contribution in [3.05, 3.63) is 131 Å². The van der Waals surface area contributed by atoms with E-state index in [4.69, 9.17) is 20.2 Å². The molecule has 6 heteroatoms. The molecule has 5 rings (SSSR count). The molecule has 0 spiro atoms. The quantitative estimate of drug-likeness (QED) is 0.244. The number of amidine groups is 1. The molecule has 0 fully saturated rings. The zero-order valence-corrected chi connectivity index (χ0v) is 21.6. The number of nitrogens with zero attached hydrogens (tertiary/aromatic N) is 2. The highest BCUT2D eigenvalue weighted by Crippen LogP contribution is 2.50. The molecule has 38 heavy (non-hydrogen) atoms. The number of methoxy groups -OCH3 is 1. The first-order valence-electron chi connectivity index (χ1n) is 12.7. The summed E-state index contributed by atoms with van der Waals surface area (Å²) in [7, 11) is 1.64. The van der Waals surface area contributed by atoms with Crippen molar-refractivity contribution < 1.29 is 14.3 Å². The monoisotopic (exact) mass is 505 g/mol. The van der Waals surface area contributed by atoms with E-state index in [0.29, 0.717) is 18.1 Å². The van der Waals surface area contributed by atoms with Crippen LogP contribution in [0.15, 0.2) is 114 Å². The SMILES string of the molecule is CCOC(=O)[C@]1(c2ccccc2)N=C(c2ccc(OC)cc2)N(Cc2ccccc2)[C@@H]1c1ccc(N)cc1. The lowest BCUT2D eigenvalue weighted by molar-refractivity contribution is -0.151. The van der Waals surface area contributed by atoms with E-state index in [0.717, 1.165) is 28.0 Å². The van der Waals surface area contributed by atoms with Crippen molar-refractivity contribution >= 4 is 17.5 Å². The summed E-state index contributed by atoms with van der Waals surface area (Å²) in [5.74, 6) is 1.06. The number of benzene rings is 4. The Labute approximate surface area is 223 Å². The first-order valence-corrected chi connectivity index (χ1v) is 12.7. The molecule has 2 N–H and O–H groups in total. The van der Waals surface area contributed by atoms with Gasteiger partial charge in [0.1, 0.15) is 11.6 Å². The standard InChI is InChI=1S/C32H31N3O3/c1-3-38-31(36)32(26-12-8-5-9-13-26)29(24-14-18-27(33)19-15-24)35(22-23-10-6-4-7-11-23)30(34-32)25-16-20-28(37-2)21-17-25/h4-21,29H,3,22,33H2,1-2H3/t29-,32-/m1/s1. The number of nitrogens with two attached hydrogens (primary N) is 1. The fourth-order valence-corrected chi connectivity index (χ4v) is 5.09. The van der Waals surface area contributed by atoms with Gasteiger partial charge in [-0.05, 0) is 60.0 Å². The van der Waals surface area contributed by atoms with E-state index in [1.807, 2.05) is 104 Å². The molecule has 0 saturated heterocycles. The second-order valence-corrected chi connectivity index (χ2v) is 9.20. The number of hydrogen-bond acceptors (Lipinski definition) is 6. The lowest BCUT2D eigenvalue weighted by atomic mass is 9.79. The Balaban J connectivity index is 1.79. The molecular formula is C32H31N3O3. The Kier molecular flexibility index (Phi) is 7.13. The molecule has 0 saturated carbocycles. The molecule has 0 radical (unpaired) electrons. The molecule has 0 aliphatic carbocycles. The fourth-order valence-electron chi connectivity index (χ4n) is 5.09. The van der Waals surface area contributed by atoms with Gasteiger partial charge in [-0.1, -0.05) is 72.8 Å². The molecular weight excluding hydrogens is 474 g/mol. The van der Waals surface area contributed by atoms with Gasteiger partial charge in [0.15, 0.2) is 0 Å². The summed E-state index contributed by atoms with van der Waals surface area (Å²) in [6.07, 6.45) is 0. The van der Waals surface area contributed by atoms with Gasteiger partial charge in [0, 0.05) is 17.8 Å². The smallest absolute Gasteiger partial charge is 0.341 e. The lowest BCUT2D eigenvalue weighted by Crippen LogP contribution is -2.44. The molecule has 0 aromatic heterocycles. The number of aliphatic imine (C=N–C) groups is 1. The largest absolute Gasteiger partial charge is 0.497 e. The third-order valence-corrected chi connectivity index (χ3v) is 6.86. The van der Waals surface area contributed by atoms with Gasteiger partial charge >= 0.3 is 5.97 Å². The van der Waals surface area contributed by atoms with E-state index in [2.05, 4.69) is 17.0 Å². The Morgan fingerprint density at radius 3 is 2.13 bits per heavy atom. The maximum atomic E-state index is 14.1. The van der Waals surface area contributed by atoms with E-state index in [9.17, 15) is 4.79 Å². The first kappa shape index (κ1) is 25.1. The summed E-state index contributed by atoms with van der Waals surface area (Å²) < 4.78 is 11.2. The maximum absolute atomic E-state index is 14.1. The Bertz CT molecular complexity index is 1400. The summed E-state index contributed by atoms with van der Waals surface area (Å²) in [6, 6.07) is 34.8. The molecule has 0 amide bonds. The van der Waals surface area contributed by atoms with Crippen LogP contribution >= 0.6 is 0 Å². The topological polar surface area (TPSA) is 77.2 Å². The molecule has 4 aromatic rings. The Morgan fingerprint density at radius 2 is 1.53 bits per heavy atom. The zero-order chi connectivity index (χ0) is 26.5. The van der Waals surface area contributed by atoms with Crippen LogP contribution < -0.4 is 10.5 Å². The number of nitrogen functional groups attached to an aromatic ring is 1. The summed E-state index contributed by atoms with van der Waals surface area (Å²) in [4.78, 5) is 21.6. The van der Waals surface area contributed by atoms with Gasteiger partial charge in [0.25, 0.3) is 0 Å². The van der Waals surface area contributed by atoms with Crippen molar-refractivity contribution in [1.29, 1.82) is 0 Å². The summed E-state index contributed by atoms with van der Waals surface area (Å²) in [6.45, 7) is 2.60. The molecule has 1 aliphatic rings. The number of carbonyl (C=O) groups is 1. The van der Waals surface area contributed by atoms with Crippen LogP contribution in [0.1, 0.15) is 35.2 Å². The normalized spacial score (nSPS) is 18.6. The molecule has 192 valence electrons. The molecule has 6 nitrogen and oxygen atoms in total. The van der Waals surface area contributed by atoms with Crippen molar-refractivity contribution in [2.24, 2.45) is 4.99 Å². The van der Waals surface area contributed by atoms with Crippen LogP contribution in [0.5, 0.6) is 5.75 Å². The maximum Gasteiger partial charge on any atom is 0.341 e. The molecule has 4 aromatic carbocycles. The molecule has 1 aliphatic heterocycles. The fraction of sp³-hybridized carbons (Fsp3) is 0.188. The number of esters is 1. The number of ether oxygens (including phenoxy) is 2. The van der Waals surface area contributed by atoms with E-state index in [-0.39, 0.29) is 6.61 Å². The van der Waals surface area contributed by atoms with Crippen LogP contribution in [0.3, 0.4) is 0 Å². The van der Waals surface area contributed by atoms with E-state index in [1.165, 1.54) is 0 Å². The summed E-state index contributed by atoms with van der Waals surface area (Å²) in [5, 5.41) is 0. The predicted octanol–water partition coefficient (Wildman–Crippen LogP) is 5.74. The van der Waals surface area contributed by atoms with E-state index < -0.39 is 17.6 Å². The highest BCUT2D eigenvalue weighted by molar-refractivity contribution is 6.04. The van der Waals surface area contributed by atoms with Crippen molar-refractivity contribution in [1.82, 2.24) is 4.90 Å². The summed E-state index contributed by atoms with van der Waals surface area (Å²) in [5.41, 5.74) is 9.05. The molecule has 0 unspecified atom stereocenters. The second-order valence-electron chi connectivity index (χ2n) is 9.20. The van der Waals surface area contributed by atoms with Gasteiger partial charge in [-0.3, -0.25) is 0 Å². The number of rotatable bonds is 8. The first-order chi connectivity index (χ1) is 18.6.